The van der Waals surface area contributed by atoms with E-state index in [9.17, 15) is 4.79 Å². The monoisotopic (exact) mass is 256 g/mol. The highest BCUT2D eigenvalue weighted by molar-refractivity contribution is 5.82. The molecule has 18 heavy (non-hydrogen) atoms. The number of carbonyl (C=O) groups excluding carboxylic acids is 1. The third kappa shape index (κ3) is 3.95. The summed E-state index contributed by atoms with van der Waals surface area (Å²) in [5, 5.41) is 0. The number of amides is 1. The van der Waals surface area contributed by atoms with Crippen LogP contribution in [0.15, 0.2) is 0 Å². The van der Waals surface area contributed by atoms with E-state index in [0.29, 0.717) is 25.1 Å². The van der Waals surface area contributed by atoms with Gasteiger partial charge < -0.3 is 15.4 Å². The molecule has 3 atom stereocenters. The summed E-state index contributed by atoms with van der Waals surface area (Å²) in [7, 11) is 1.67. The van der Waals surface area contributed by atoms with E-state index >= 15 is 0 Å². The van der Waals surface area contributed by atoms with Gasteiger partial charge in [0.05, 0.1) is 12.6 Å². The van der Waals surface area contributed by atoms with E-state index in [1.54, 1.807) is 7.11 Å². The van der Waals surface area contributed by atoms with Crippen molar-refractivity contribution in [3.8, 4) is 0 Å². The van der Waals surface area contributed by atoms with E-state index in [0.717, 1.165) is 6.42 Å². The molecule has 1 rings (SSSR count). The minimum Gasteiger partial charge on any atom is -0.383 e. The molecule has 1 aliphatic carbocycles. The Bertz CT molecular complexity index is 267. The second-order valence-electron chi connectivity index (χ2n) is 5.51. The predicted octanol–water partition coefficient (Wildman–Crippen LogP) is 1.63. The number of nitrogens with zero attached hydrogens (tertiary/aromatic N) is 1. The molecule has 2 N–H and O–H groups in total. The first kappa shape index (κ1) is 15.4. The van der Waals surface area contributed by atoms with Crippen molar-refractivity contribution in [1.29, 1.82) is 0 Å². The van der Waals surface area contributed by atoms with Crippen LogP contribution in [0.25, 0.3) is 0 Å². The summed E-state index contributed by atoms with van der Waals surface area (Å²) in [5.74, 6) is 0.977. The largest absolute Gasteiger partial charge is 0.383 e. The van der Waals surface area contributed by atoms with Gasteiger partial charge in [-0.1, -0.05) is 20.3 Å². The summed E-state index contributed by atoms with van der Waals surface area (Å²) in [6, 6.07) is -0.0872. The maximum absolute atomic E-state index is 12.5. The molecule has 0 spiro atoms. The summed E-state index contributed by atoms with van der Waals surface area (Å²) in [4.78, 5) is 14.4. The summed E-state index contributed by atoms with van der Waals surface area (Å²) in [6.45, 7) is 7.47. The number of rotatable bonds is 8. The molecule has 1 aliphatic rings. The van der Waals surface area contributed by atoms with Crippen LogP contribution in [-0.2, 0) is 9.53 Å². The lowest BCUT2D eigenvalue weighted by Crippen LogP contribution is -2.51. The molecular formula is C14H28N2O2. The maximum Gasteiger partial charge on any atom is 0.240 e. The SMILES string of the molecule is CCC(C)C(N)C(=O)N(CCOC)C(C)C1CC1. The molecule has 4 heteroatoms. The molecule has 1 fully saturated rings. The molecule has 0 saturated heterocycles. The molecular weight excluding hydrogens is 228 g/mol. The van der Waals surface area contributed by atoms with E-state index in [4.69, 9.17) is 10.5 Å². The van der Waals surface area contributed by atoms with Crippen LogP contribution >= 0.6 is 0 Å². The van der Waals surface area contributed by atoms with Gasteiger partial charge >= 0.3 is 0 Å². The Morgan fingerprint density at radius 1 is 1.44 bits per heavy atom. The van der Waals surface area contributed by atoms with E-state index < -0.39 is 0 Å². The molecule has 0 aliphatic heterocycles. The predicted molar refractivity (Wildman–Crippen MR) is 73.2 cm³/mol. The van der Waals surface area contributed by atoms with Crippen molar-refractivity contribution < 1.29 is 9.53 Å². The molecule has 1 amide bonds. The minimum absolute atomic E-state index is 0.0841. The highest BCUT2D eigenvalue weighted by atomic mass is 16.5. The van der Waals surface area contributed by atoms with Gasteiger partial charge in [-0.2, -0.15) is 0 Å². The minimum atomic E-state index is -0.381. The zero-order valence-electron chi connectivity index (χ0n) is 12.2. The highest BCUT2D eigenvalue weighted by Gasteiger charge is 2.36. The number of hydrogen-bond acceptors (Lipinski definition) is 3. The number of carbonyl (C=O) groups is 1. The van der Waals surface area contributed by atoms with Gasteiger partial charge in [-0.15, -0.1) is 0 Å². The van der Waals surface area contributed by atoms with Crippen molar-refractivity contribution in [2.75, 3.05) is 20.3 Å². The van der Waals surface area contributed by atoms with Crippen molar-refractivity contribution in [2.45, 2.75) is 52.1 Å². The van der Waals surface area contributed by atoms with Crippen LogP contribution in [0.4, 0.5) is 0 Å². The molecule has 3 unspecified atom stereocenters. The van der Waals surface area contributed by atoms with Gasteiger partial charge in [0.2, 0.25) is 5.91 Å². The molecule has 106 valence electrons. The van der Waals surface area contributed by atoms with Gasteiger partial charge in [-0.25, -0.2) is 0 Å². The zero-order chi connectivity index (χ0) is 13.7. The van der Waals surface area contributed by atoms with Gasteiger partial charge in [0.25, 0.3) is 0 Å². The average Bonchev–Trinajstić information content (AvgIpc) is 3.20. The van der Waals surface area contributed by atoms with Gasteiger partial charge in [-0.3, -0.25) is 4.79 Å². The van der Waals surface area contributed by atoms with Gasteiger partial charge in [-0.05, 0) is 31.6 Å². The van der Waals surface area contributed by atoms with E-state index in [1.165, 1.54) is 12.8 Å². The normalized spacial score (nSPS) is 20.3. The smallest absolute Gasteiger partial charge is 0.240 e. The first-order chi connectivity index (χ1) is 8.52. The van der Waals surface area contributed by atoms with Crippen molar-refractivity contribution in [3.63, 3.8) is 0 Å². The Kier molecular flexibility index (Phi) is 6.09. The summed E-state index contributed by atoms with van der Waals surface area (Å²) in [6.07, 6.45) is 3.40. The summed E-state index contributed by atoms with van der Waals surface area (Å²) in [5.41, 5.74) is 6.07. The first-order valence-corrected chi connectivity index (χ1v) is 7.07. The fraction of sp³-hybridized carbons (Fsp3) is 0.929. The summed E-state index contributed by atoms with van der Waals surface area (Å²) < 4.78 is 5.10. The topological polar surface area (TPSA) is 55.6 Å². The van der Waals surface area contributed by atoms with Crippen LogP contribution in [0, 0.1) is 11.8 Å². The standard InChI is InChI=1S/C14H28N2O2/c1-5-10(2)13(15)14(17)16(8-9-18-4)11(3)12-6-7-12/h10-13H,5-9,15H2,1-4H3. The van der Waals surface area contributed by atoms with Crippen molar-refractivity contribution in [2.24, 2.45) is 17.6 Å². The molecule has 0 heterocycles. The lowest BCUT2D eigenvalue weighted by Gasteiger charge is -2.33. The Hall–Kier alpha value is -0.610. The number of methoxy groups -OCH3 is 1. The van der Waals surface area contributed by atoms with Crippen molar-refractivity contribution >= 4 is 5.91 Å². The lowest BCUT2D eigenvalue weighted by molar-refractivity contribution is -0.137. The van der Waals surface area contributed by atoms with Gasteiger partial charge in [0.15, 0.2) is 0 Å². The fourth-order valence-corrected chi connectivity index (χ4v) is 2.23. The Balaban J connectivity index is 2.64. The van der Waals surface area contributed by atoms with Crippen LogP contribution in [0.2, 0.25) is 0 Å². The van der Waals surface area contributed by atoms with Crippen LogP contribution < -0.4 is 5.73 Å². The molecule has 0 aromatic rings. The van der Waals surface area contributed by atoms with E-state index in [-0.39, 0.29) is 17.9 Å². The average molecular weight is 256 g/mol. The molecule has 0 aromatic carbocycles. The van der Waals surface area contributed by atoms with Crippen molar-refractivity contribution in [3.05, 3.63) is 0 Å². The third-order valence-electron chi connectivity index (χ3n) is 4.16. The van der Waals surface area contributed by atoms with Gasteiger partial charge in [0, 0.05) is 19.7 Å². The van der Waals surface area contributed by atoms with Crippen LogP contribution in [0.3, 0.4) is 0 Å². The summed E-state index contributed by atoms with van der Waals surface area (Å²) >= 11 is 0. The fourth-order valence-electron chi connectivity index (χ4n) is 2.23. The number of nitrogens with two attached hydrogens (primary N) is 1. The molecule has 0 bridgehead atoms. The Morgan fingerprint density at radius 2 is 2.06 bits per heavy atom. The van der Waals surface area contributed by atoms with E-state index in [1.807, 2.05) is 11.8 Å². The second-order valence-corrected chi connectivity index (χ2v) is 5.51. The number of hydrogen-bond donors (Lipinski definition) is 1. The van der Waals surface area contributed by atoms with Crippen molar-refractivity contribution in [1.82, 2.24) is 4.90 Å². The first-order valence-electron chi connectivity index (χ1n) is 7.07. The van der Waals surface area contributed by atoms with E-state index in [2.05, 4.69) is 13.8 Å². The number of ether oxygens (including phenoxy) is 1. The maximum atomic E-state index is 12.5. The molecule has 4 nitrogen and oxygen atoms in total. The van der Waals surface area contributed by atoms with Gasteiger partial charge in [0.1, 0.15) is 0 Å². The highest BCUT2D eigenvalue weighted by Crippen LogP contribution is 2.35. The Morgan fingerprint density at radius 3 is 2.50 bits per heavy atom. The Labute approximate surface area is 111 Å². The van der Waals surface area contributed by atoms with Crippen LogP contribution in [0.5, 0.6) is 0 Å². The second kappa shape index (κ2) is 7.10. The molecule has 1 saturated carbocycles. The lowest BCUT2D eigenvalue weighted by atomic mass is 9.98. The third-order valence-corrected chi connectivity index (χ3v) is 4.16. The molecule has 0 radical (unpaired) electrons. The quantitative estimate of drug-likeness (QED) is 0.718. The zero-order valence-corrected chi connectivity index (χ0v) is 12.2. The van der Waals surface area contributed by atoms with Crippen LogP contribution in [-0.4, -0.2) is 43.2 Å². The van der Waals surface area contributed by atoms with Crippen LogP contribution in [0.1, 0.15) is 40.0 Å². The molecule has 0 aromatic heterocycles.